The molecule has 0 saturated heterocycles. The smallest absolute Gasteiger partial charge is 0.137 e. The number of fused-ring (bicyclic) bond motifs is 1. The Balaban J connectivity index is 2.22. The van der Waals surface area contributed by atoms with Crippen LogP contribution in [-0.2, 0) is 6.54 Å². The van der Waals surface area contributed by atoms with Gasteiger partial charge in [-0.2, -0.15) is 0 Å². The van der Waals surface area contributed by atoms with Crippen molar-refractivity contribution >= 4 is 21.6 Å². The normalized spacial score (nSPS) is 10.9. The van der Waals surface area contributed by atoms with Gasteiger partial charge in [-0.1, -0.05) is 28.6 Å². The van der Waals surface area contributed by atoms with Crippen molar-refractivity contribution in [1.82, 2.24) is 14.7 Å². The molecule has 0 fully saturated rings. The van der Waals surface area contributed by atoms with E-state index < -0.39 is 0 Å². The second-order valence-electron chi connectivity index (χ2n) is 3.69. The molecule has 0 aliphatic rings. The number of halogens is 1. The maximum Gasteiger partial charge on any atom is 0.137 e. The predicted molar refractivity (Wildman–Crippen MR) is 69.7 cm³/mol. The number of hydrogen-bond donors (Lipinski definition) is 1. The Labute approximate surface area is 103 Å². The molecule has 0 aliphatic carbocycles. The van der Waals surface area contributed by atoms with E-state index in [2.05, 4.69) is 37.2 Å². The summed E-state index contributed by atoms with van der Waals surface area (Å²) in [4.78, 5) is 4.50. The molecule has 0 spiro atoms. The first kappa shape index (κ1) is 11.4. The minimum atomic E-state index is 0.763. The van der Waals surface area contributed by atoms with Crippen LogP contribution in [0.2, 0.25) is 0 Å². The summed E-state index contributed by atoms with van der Waals surface area (Å²) in [5.74, 6) is 0. The van der Waals surface area contributed by atoms with E-state index in [1.165, 1.54) is 5.69 Å². The molecule has 0 amide bonds. The SMILES string of the molecule is C=C(Br)CNCc1c(C)nc2ccccn12. The van der Waals surface area contributed by atoms with Gasteiger partial charge in [0.05, 0.1) is 11.4 Å². The molecule has 2 aromatic rings. The van der Waals surface area contributed by atoms with Gasteiger partial charge in [-0.05, 0) is 19.1 Å². The van der Waals surface area contributed by atoms with Crippen molar-refractivity contribution in [3.05, 3.63) is 46.8 Å². The molecule has 0 atom stereocenters. The molecular formula is C12H14BrN3. The maximum atomic E-state index is 4.50. The Morgan fingerprint density at radius 1 is 1.56 bits per heavy atom. The van der Waals surface area contributed by atoms with Gasteiger partial charge < -0.3 is 9.72 Å². The van der Waals surface area contributed by atoms with Crippen LogP contribution in [0.4, 0.5) is 0 Å². The summed E-state index contributed by atoms with van der Waals surface area (Å²) in [6, 6.07) is 6.03. The molecule has 0 bridgehead atoms. The molecule has 0 unspecified atom stereocenters. The van der Waals surface area contributed by atoms with Crippen LogP contribution >= 0.6 is 15.9 Å². The molecule has 84 valence electrons. The highest BCUT2D eigenvalue weighted by atomic mass is 79.9. The molecular weight excluding hydrogens is 266 g/mol. The van der Waals surface area contributed by atoms with E-state index in [1.807, 2.05) is 31.3 Å². The van der Waals surface area contributed by atoms with Gasteiger partial charge >= 0.3 is 0 Å². The summed E-state index contributed by atoms with van der Waals surface area (Å²) in [5, 5.41) is 3.31. The molecule has 2 aromatic heterocycles. The monoisotopic (exact) mass is 279 g/mol. The van der Waals surface area contributed by atoms with Crippen LogP contribution in [-0.4, -0.2) is 15.9 Å². The van der Waals surface area contributed by atoms with E-state index in [1.54, 1.807) is 0 Å². The fourth-order valence-electron chi connectivity index (χ4n) is 1.69. The number of rotatable bonds is 4. The van der Waals surface area contributed by atoms with Crippen molar-refractivity contribution in [3.63, 3.8) is 0 Å². The fourth-order valence-corrected chi connectivity index (χ4v) is 1.89. The quantitative estimate of drug-likeness (QED) is 0.933. The van der Waals surface area contributed by atoms with Crippen molar-refractivity contribution < 1.29 is 0 Å². The third kappa shape index (κ3) is 2.33. The van der Waals surface area contributed by atoms with E-state index in [0.29, 0.717) is 0 Å². The lowest BCUT2D eigenvalue weighted by Gasteiger charge is -2.04. The van der Waals surface area contributed by atoms with E-state index in [9.17, 15) is 0 Å². The molecule has 4 heteroatoms. The number of imidazole rings is 1. The Morgan fingerprint density at radius 3 is 3.12 bits per heavy atom. The zero-order valence-electron chi connectivity index (χ0n) is 9.20. The summed E-state index contributed by atoms with van der Waals surface area (Å²) in [7, 11) is 0. The first-order valence-electron chi connectivity index (χ1n) is 5.15. The number of pyridine rings is 1. The summed E-state index contributed by atoms with van der Waals surface area (Å²) in [5.41, 5.74) is 3.26. The van der Waals surface area contributed by atoms with Crippen molar-refractivity contribution in [3.8, 4) is 0 Å². The second kappa shape index (κ2) is 4.80. The largest absolute Gasteiger partial charge is 0.307 e. The Kier molecular flexibility index (Phi) is 3.41. The standard InChI is InChI=1S/C12H14BrN3/c1-9(13)7-14-8-11-10(2)15-12-5-3-4-6-16(11)12/h3-6,14H,1,7-8H2,2H3. The minimum absolute atomic E-state index is 0.763. The lowest BCUT2D eigenvalue weighted by atomic mass is 10.3. The third-order valence-corrected chi connectivity index (χ3v) is 2.72. The van der Waals surface area contributed by atoms with Crippen molar-refractivity contribution in [1.29, 1.82) is 0 Å². The van der Waals surface area contributed by atoms with Gasteiger partial charge in [-0.3, -0.25) is 0 Å². The van der Waals surface area contributed by atoms with Gasteiger partial charge in [0.25, 0.3) is 0 Å². The molecule has 0 radical (unpaired) electrons. The highest BCUT2D eigenvalue weighted by molar-refractivity contribution is 9.11. The van der Waals surface area contributed by atoms with E-state index in [-0.39, 0.29) is 0 Å². The average molecular weight is 280 g/mol. The summed E-state index contributed by atoms with van der Waals surface area (Å²) < 4.78 is 3.07. The third-order valence-electron chi connectivity index (χ3n) is 2.44. The van der Waals surface area contributed by atoms with Crippen LogP contribution in [0.5, 0.6) is 0 Å². The van der Waals surface area contributed by atoms with E-state index in [0.717, 1.165) is 28.9 Å². The van der Waals surface area contributed by atoms with Crippen LogP contribution < -0.4 is 5.32 Å². The highest BCUT2D eigenvalue weighted by Gasteiger charge is 2.06. The zero-order valence-corrected chi connectivity index (χ0v) is 10.8. The lowest BCUT2D eigenvalue weighted by Crippen LogP contribution is -2.16. The van der Waals surface area contributed by atoms with Gasteiger partial charge in [0.1, 0.15) is 5.65 Å². The Bertz CT molecular complexity index is 516. The number of aryl methyl sites for hydroxylation is 1. The minimum Gasteiger partial charge on any atom is -0.307 e. The molecule has 16 heavy (non-hydrogen) atoms. The summed E-state index contributed by atoms with van der Waals surface area (Å²) >= 11 is 3.33. The molecule has 2 heterocycles. The lowest BCUT2D eigenvalue weighted by molar-refractivity contribution is 0.727. The fraction of sp³-hybridized carbons (Fsp3) is 0.250. The van der Waals surface area contributed by atoms with Gasteiger partial charge in [-0.15, -0.1) is 0 Å². The van der Waals surface area contributed by atoms with E-state index in [4.69, 9.17) is 0 Å². The van der Waals surface area contributed by atoms with Crippen molar-refractivity contribution in [2.45, 2.75) is 13.5 Å². The Morgan fingerprint density at radius 2 is 2.38 bits per heavy atom. The maximum absolute atomic E-state index is 4.50. The Hall–Kier alpha value is -1.13. The van der Waals surface area contributed by atoms with Gasteiger partial charge in [0.15, 0.2) is 0 Å². The molecule has 1 N–H and O–H groups in total. The first-order valence-corrected chi connectivity index (χ1v) is 5.94. The van der Waals surface area contributed by atoms with Crippen LogP contribution in [0.3, 0.4) is 0 Å². The number of nitrogens with zero attached hydrogens (tertiary/aromatic N) is 2. The number of aromatic nitrogens is 2. The molecule has 0 aliphatic heterocycles. The summed E-state index contributed by atoms with van der Waals surface area (Å²) in [6.07, 6.45) is 2.04. The second-order valence-corrected chi connectivity index (χ2v) is 4.82. The van der Waals surface area contributed by atoms with Crippen LogP contribution in [0.25, 0.3) is 5.65 Å². The van der Waals surface area contributed by atoms with Crippen LogP contribution in [0, 0.1) is 6.92 Å². The van der Waals surface area contributed by atoms with E-state index >= 15 is 0 Å². The topological polar surface area (TPSA) is 29.3 Å². The zero-order chi connectivity index (χ0) is 11.5. The van der Waals surface area contributed by atoms with Gasteiger partial charge in [0, 0.05) is 23.8 Å². The van der Waals surface area contributed by atoms with Crippen LogP contribution in [0.15, 0.2) is 35.5 Å². The van der Waals surface area contributed by atoms with Crippen LogP contribution in [0.1, 0.15) is 11.4 Å². The molecule has 2 rings (SSSR count). The number of nitrogens with one attached hydrogen (secondary N) is 1. The molecule has 0 saturated carbocycles. The molecule has 0 aromatic carbocycles. The van der Waals surface area contributed by atoms with Crippen molar-refractivity contribution in [2.24, 2.45) is 0 Å². The average Bonchev–Trinajstić information content (AvgIpc) is 2.55. The first-order chi connectivity index (χ1) is 7.68. The predicted octanol–water partition coefficient (Wildman–Crippen LogP) is 2.64. The van der Waals surface area contributed by atoms with Gasteiger partial charge in [0.2, 0.25) is 0 Å². The van der Waals surface area contributed by atoms with Gasteiger partial charge in [-0.25, -0.2) is 4.98 Å². The molecule has 3 nitrogen and oxygen atoms in total. The summed E-state index contributed by atoms with van der Waals surface area (Å²) in [6.45, 7) is 7.38. The van der Waals surface area contributed by atoms with Crippen molar-refractivity contribution in [2.75, 3.05) is 6.54 Å². The highest BCUT2D eigenvalue weighted by Crippen LogP contribution is 2.11. The number of hydrogen-bond acceptors (Lipinski definition) is 2.